The number of hydrogen-bond acceptors (Lipinski definition) is 2. The third kappa shape index (κ3) is 2.06. The Morgan fingerprint density at radius 3 is 2.94 bits per heavy atom. The highest BCUT2D eigenvalue weighted by Gasteiger charge is 2.43. The Balaban J connectivity index is 1.94. The van der Waals surface area contributed by atoms with Gasteiger partial charge in [-0.05, 0) is 37.4 Å². The second-order valence-electron chi connectivity index (χ2n) is 5.55. The molecule has 0 bridgehead atoms. The van der Waals surface area contributed by atoms with Crippen LogP contribution in [-0.4, -0.2) is 26.3 Å². The van der Waals surface area contributed by atoms with E-state index in [1.54, 1.807) is 12.1 Å². The lowest BCUT2D eigenvalue weighted by Crippen LogP contribution is -2.48. The van der Waals surface area contributed by atoms with Gasteiger partial charge in [-0.15, -0.1) is 0 Å². The molecular formula is C15H20FNO. The van der Waals surface area contributed by atoms with Gasteiger partial charge >= 0.3 is 0 Å². The lowest BCUT2D eigenvalue weighted by molar-refractivity contribution is -0.0375. The minimum absolute atomic E-state index is 0.0730. The number of benzene rings is 1. The third-order valence-corrected chi connectivity index (χ3v) is 4.52. The number of rotatable bonds is 1. The highest BCUT2D eigenvalue weighted by Crippen LogP contribution is 2.46. The van der Waals surface area contributed by atoms with Crippen LogP contribution in [0.15, 0.2) is 24.3 Å². The summed E-state index contributed by atoms with van der Waals surface area (Å²) in [4.78, 5) is 0. The van der Waals surface area contributed by atoms with E-state index >= 15 is 0 Å². The van der Waals surface area contributed by atoms with Gasteiger partial charge in [0.25, 0.3) is 0 Å². The molecule has 2 aliphatic rings. The van der Waals surface area contributed by atoms with Gasteiger partial charge in [0.1, 0.15) is 5.82 Å². The molecule has 2 saturated heterocycles. The first-order valence-electron chi connectivity index (χ1n) is 6.85. The number of nitrogens with one attached hydrogen (secondary N) is 1. The lowest BCUT2D eigenvalue weighted by Gasteiger charge is -2.47. The highest BCUT2D eigenvalue weighted by atomic mass is 19.1. The minimum Gasteiger partial charge on any atom is -0.381 e. The molecule has 2 fully saturated rings. The summed E-state index contributed by atoms with van der Waals surface area (Å²) in [6, 6.07) is 7.20. The summed E-state index contributed by atoms with van der Waals surface area (Å²) in [6.07, 6.45) is 3.35. The summed E-state index contributed by atoms with van der Waals surface area (Å²) < 4.78 is 19.7. The molecule has 0 radical (unpaired) electrons. The van der Waals surface area contributed by atoms with Crippen molar-refractivity contribution in [2.75, 3.05) is 26.3 Å². The van der Waals surface area contributed by atoms with Crippen molar-refractivity contribution in [2.45, 2.75) is 25.2 Å². The van der Waals surface area contributed by atoms with Gasteiger partial charge in [0, 0.05) is 24.5 Å². The monoisotopic (exact) mass is 249 g/mol. The van der Waals surface area contributed by atoms with E-state index in [1.165, 1.54) is 0 Å². The maximum atomic E-state index is 14.0. The molecule has 1 N–H and O–H groups in total. The zero-order chi connectivity index (χ0) is 12.4. The van der Waals surface area contributed by atoms with Gasteiger partial charge in [-0.1, -0.05) is 18.2 Å². The average Bonchev–Trinajstić information content (AvgIpc) is 2.41. The first kappa shape index (κ1) is 12.1. The summed E-state index contributed by atoms with van der Waals surface area (Å²) in [7, 11) is 0. The fourth-order valence-electron chi connectivity index (χ4n) is 3.52. The molecule has 18 heavy (non-hydrogen) atoms. The lowest BCUT2D eigenvalue weighted by atomic mass is 9.65. The van der Waals surface area contributed by atoms with E-state index in [-0.39, 0.29) is 17.2 Å². The molecule has 2 nitrogen and oxygen atoms in total. The van der Waals surface area contributed by atoms with Crippen LogP contribution in [0, 0.1) is 11.2 Å². The van der Waals surface area contributed by atoms with Crippen molar-refractivity contribution < 1.29 is 9.13 Å². The molecule has 0 aromatic heterocycles. The van der Waals surface area contributed by atoms with Crippen LogP contribution in [0.3, 0.4) is 0 Å². The Bertz CT molecular complexity index is 406. The largest absolute Gasteiger partial charge is 0.381 e. The van der Waals surface area contributed by atoms with Crippen molar-refractivity contribution in [1.29, 1.82) is 0 Å². The SMILES string of the molecule is Fc1ccccc1C1CNCCC12CCCOC2. The van der Waals surface area contributed by atoms with Gasteiger partial charge < -0.3 is 10.1 Å². The Labute approximate surface area is 108 Å². The molecule has 2 unspecified atom stereocenters. The van der Waals surface area contributed by atoms with Crippen molar-refractivity contribution in [3.8, 4) is 0 Å². The molecular weight excluding hydrogens is 229 g/mol. The highest BCUT2D eigenvalue weighted by molar-refractivity contribution is 5.26. The van der Waals surface area contributed by atoms with E-state index in [9.17, 15) is 4.39 Å². The summed E-state index contributed by atoms with van der Waals surface area (Å²) in [5.74, 6) is 0.170. The zero-order valence-corrected chi connectivity index (χ0v) is 10.6. The standard InChI is InChI=1S/C15H20FNO/c16-14-5-2-1-4-12(14)13-10-17-8-7-15(13)6-3-9-18-11-15/h1-2,4-5,13,17H,3,6-11H2. The van der Waals surface area contributed by atoms with E-state index in [4.69, 9.17) is 4.74 Å². The first-order chi connectivity index (χ1) is 8.82. The fourth-order valence-corrected chi connectivity index (χ4v) is 3.52. The van der Waals surface area contributed by atoms with Crippen LogP contribution in [0.25, 0.3) is 0 Å². The Morgan fingerprint density at radius 1 is 1.28 bits per heavy atom. The van der Waals surface area contributed by atoms with Crippen LogP contribution >= 0.6 is 0 Å². The molecule has 0 amide bonds. The van der Waals surface area contributed by atoms with Gasteiger partial charge in [0.2, 0.25) is 0 Å². The van der Waals surface area contributed by atoms with Crippen molar-refractivity contribution in [1.82, 2.24) is 5.32 Å². The normalized spacial score (nSPS) is 32.6. The predicted molar refractivity (Wildman–Crippen MR) is 69.1 cm³/mol. The molecule has 98 valence electrons. The van der Waals surface area contributed by atoms with Crippen LogP contribution in [0.5, 0.6) is 0 Å². The van der Waals surface area contributed by atoms with Crippen molar-refractivity contribution >= 4 is 0 Å². The zero-order valence-electron chi connectivity index (χ0n) is 10.6. The van der Waals surface area contributed by atoms with E-state index in [2.05, 4.69) is 5.32 Å². The molecule has 1 spiro atoms. The average molecular weight is 249 g/mol. The summed E-state index contributed by atoms with van der Waals surface area (Å²) in [5.41, 5.74) is 1.00. The predicted octanol–water partition coefficient (Wildman–Crippen LogP) is 2.70. The van der Waals surface area contributed by atoms with Gasteiger partial charge in [0.15, 0.2) is 0 Å². The second kappa shape index (κ2) is 4.98. The maximum absolute atomic E-state index is 14.0. The van der Waals surface area contributed by atoms with E-state index < -0.39 is 0 Å². The first-order valence-corrected chi connectivity index (χ1v) is 6.85. The molecule has 2 heterocycles. The van der Waals surface area contributed by atoms with Crippen LogP contribution in [0.2, 0.25) is 0 Å². The summed E-state index contributed by atoms with van der Waals surface area (Å²) in [6.45, 7) is 3.53. The molecule has 3 rings (SSSR count). The van der Waals surface area contributed by atoms with Gasteiger partial charge in [-0.2, -0.15) is 0 Å². The molecule has 0 saturated carbocycles. The topological polar surface area (TPSA) is 21.3 Å². The Morgan fingerprint density at radius 2 is 2.17 bits per heavy atom. The van der Waals surface area contributed by atoms with Crippen molar-refractivity contribution in [2.24, 2.45) is 5.41 Å². The molecule has 3 heteroatoms. The van der Waals surface area contributed by atoms with Crippen LogP contribution in [0.1, 0.15) is 30.7 Å². The van der Waals surface area contributed by atoms with Crippen molar-refractivity contribution in [3.63, 3.8) is 0 Å². The Kier molecular flexibility index (Phi) is 3.35. The Hall–Kier alpha value is -0.930. The van der Waals surface area contributed by atoms with Crippen molar-refractivity contribution in [3.05, 3.63) is 35.6 Å². The quantitative estimate of drug-likeness (QED) is 0.826. The number of halogens is 1. The molecule has 0 aliphatic carbocycles. The summed E-state index contributed by atoms with van der Waals surface area (Å²) >= 11 is 0. The molecule has 1 aromatic rings. The minimum atomic E-state index is -0.0730. The van der Waals surface area contributed by atoms with Crippen LogP contribution < -0.4 is 5.32 Å². The maximum Gasteiger partial charge on any atom is 0.126 e. The third-order valence-electron chi connectivity index (χ3n) is 4.52. The second-order valence-corrected chi connectivity index (χ2v) is 5.55. The fraction of sp³-hybridized carbons (Fsp3) is 0.600. The smallest absolute Gasteiger partial charge is 0.126 e. The summed E-state index contributed by atoms with van der Waals surface area (Å²) in [5, 5.41) is 3.41. The number of ether oxygens (including phenoxy) is 1. The number of piperidine rings is 1. The molecule has 1 aromatic carbocycles. The number of hydrogen-bond donors (Lipinski definition) is 1. The van der Waals surface area contributed by atoms with Crippen LogP contribution in [-0.2, 0) is 4.74 Å². The van der Waals surface area contributed by atoms with E-state index in [0.717, 1.165) is 51.1 Å². The molecule has 2 aliphatic heterocycles. The molecule has 2 atom stereocenters. The van der Waals surface area contributed by atoms with Gasteiger partial charge in [0.05, 0.1) is 6.61 Å². The van der Waals surface area contributed by atoms with E-state index in [1.807, 2.05) is 12.1 Å². The van der Waals surface area contributed by atoms with Gasteiger partial charge in [-0.25, -0.2) is 4.39 Å². The van der Waals surface area contributed by atoms with Gasteiger partial charge in [-0.3, -0.25) is 0 Å². The van der Waals surface area contributed by atoms with E-state index in [0.29, 0.717) is 0 Å². The van der Waals surface area contributed by atoms with Crippen LogP contribution in [0.4, 0.5) is 4.39 Å².